The van der Waals surface area contributed by atoms with Crippen LogP contribution in [0.3, 0.4) is 0 Å². The third-order valence-corrected chi connectivity index (χ3v) is 0.331. The molecule has 40 valence electrons. The molecule has 0 aliphatic heterocycles. The topological polar surface area (TPSA) is 19.9 Å². The number of halogens is 2. The molecule has 0 spiro atoms. The second-order valence-corrected chi connectivity index (χ2v) is 1.18. The van der Waals surface area contributed by atoms with Crippen LogP contribution in [0.5, 0.6) is 0 Å². The van der Waals surface area contributed by atoms with Gasteiger partial charge < -0.3 is 0 Å². The van der Waals surface area contributed by atoms with Gasteiger partial charge in [0.05, 0.1) is 0 Å². The molecule has 0 saturated carbocycles. The van der Waals surface area contributed by atoms with Gasteiger partial charge in [-0.25, -0.2) is 0 Å². The van der Waals surface area contributed by atoms with Crippen LogP contribution in [-0.2, 0) is 4.65 Å². The molecule has 0 N–H and O–H groups in total. The van der Waals surface area contributed by atoms with Crippen molar-refractivity contribution in [3.63, 3.8) is 0 Å². The molecule has 0 amide bonds. The van der Waals surface area contributed by atoms with Gasteiger partial charge in [-0.2, -0.15) is 0 Å². The molecule has 0 radical (unpaired) electrons. The van der Waals surface area contributed by atoms with Gasteiger partial charge >= 0.3 is 38.8 Å². The van der Waals surface area contributed by atoms with E-state index in [0.29, 0.717) is 0 Å². The van der Waals surface area contributed by atoms with Crippen LogP contribution in [0.4, 0.5) is 8.78 Å². The van der Waals surface area contributed by atoms with Crippen molar-refractivity contribution in [3.8, 4) is 6.15 Å². The number of hydrogen-bond acceptors (Lipinski definition) is 0. The Morgan fingerprint density at radius 1 is 1.71 bits per heavy atom. The predicted molar refractivity (Wildman–Crippen MR) is 19.5 cm³/mol. The fourth-order valence-electron chi connectivity index (χ4n) is 0.106. The standard InChI is InChI=1S/C4H4F2O/c1-4(5,6)2-3-7/h1-2H2. The van der Waals surface area contributed by atoms with Crippen LogP contribution in [0.2, 0.25) is 0 Å². The summed E-state index contributed by atoms with van der Waals surface area (Å²) in [6, 6.07) is 0. The first-order valence-corrected chi connectivity index (χ1v) is 1.64. The average molecular weight is 106 g/mol. The van der Waals surface area contributed by atoms with Crippen molar-refractivity contribution in [1.82, 2.24) is 0 Å². The Bertz CT molecular complexity index is 86.8. The third-order valence-electron chi connectivity index (χ3n) is 0.331. The van der Waals surface area contributed by atoms with Crippen molar-refractivity contribution >= 4 is 0 Å². The van der Waals surface area contributed by atoms with Gasteiger partial charge in [0.2, 0.25) is 0 Å². The van der Waals surface area contributed by atoms with Gasteiger partial charge in [-0.3, -0.25) is 0 Å². The molecule has 0 heterocycles. The molecular weight excluding hydrogens is 102 g/mol. The monoisotopic (exact) mass is 106 g/mol. The normalized spacial score (nSPS) is 10.6. The van der Waals surface area contributed by atoms with Crippen LogP contribution in [0.25, 0.3) is 0 Å². The van der Waals surface area contributed by atoms with Crippen molar-refractivity contribution < 1.29 is 13.4 Å². The first-order chi connectivity index (χ1) is 3.06. The maximum atomic E-state index is 11.3. The molecule has 0 aromatic carbocycles. The molecule has 0 aliphatic carbocycles. The second-order valence-electron chi connectivity index (χ2n) is 1.18. The van der Waals surface area contributed by atoms with Crippen LogP contribution in [-0.4, -0.2) is 5.92 Å². The van der Waals surface area contributed by atoms with Crippen molar-refractivity contribution in [2.45, 2.75) is 12.3 Å². The predicted octanol–water partition coefficient (Wildman–Crippen LogP) is 1.24. The summed E-state index contributed by atoms with van der Waals surface area (Å²) in [5.74, 6) is -3.12. The zero-order chi connectivity index (χ0) is 5.91. The minimum atomic E-state index is -3.12. The second kappa shape index (κ2) is 2.05. The van der Waals surface area contributed by atoms with E-state index in [1.54, 1.807) is 0 Å². The maximum absolute atomic E-state index is 11.3. The van der Waals surface area contributed by atoms with E-state index in [2.05, 4.69) is 6.92 Å². The van der Waals surface area contributed by atoms with E-state index in [1.807, 2.05) is 0 Å². The van der Waals surface area contributed by atoms with E-state index in [1.165, 1.54) is 0 Å². The first kappa shape index (κ1) is 6.60. The summed E-state index contributed by atoms with van der Waals surface area (Å²) in [6.45, 7) is 2.36. The molecule has 0 atom stereocenters. The van der Waals surface area contributed by atoms with Crippen LogP contribution in [0.1, 0.15) is 6.42 Å². The summed E-state index contributed by atoms with van der Waals surface area (Å²) in [4.78, 5) is 0. The Kier molecular flexibility index (Phi) is 1.93. The number of hydrogen-bond donors (Lipinski definition) is 0. The van der Waals surface area contributed by atoms with Crippen LogP contribution in [0, 0.1) is 13.1 Å². The molecule has 0 saturated heterocycles. The summed E-state index contributed by atoms with van der Waals surface area (Å²) in [6.07, 6.45) is 0.135. The molecule has 3 heteroatoms. The summed E-state index contributed by atoms with van der Waals surface area (Å²) in [5, 5.41) is 0. The molecule has 0 unspecified atom stereocenters. The quantitative estimate of drug-likeness (QED) is 0.354. The molecule has 0 bridgehead atoms. The Morgan fingerprint density at radius 3 is 2.14 bits per heavy atom. The first-order valence-electron chi connectivity index (χ1n) is 1.64. The molecule has 0 aromatic rings. The Labute approximate surface area is 40.0 Å². The van der Waals surface area contributed by atoms with Gasteiger partial charge in [0.15, 0.2) is 0 Å². The van der Waals surface area contributed by atoms with Gasteiger partial charge in [0.1, 0.15) is 0 Å². The van der Waals surface area contributed by atoms with E-state index >= 15 is 0 Å². The SMILES string of the molecule is [CH2-]C(F)(F)CC#[O+]. The molecule has 0 fully saturated rings. The van der Waals surface area contributed by atoms with Crippen molar-refractivity contribution in [2.75, 3.05) is 0 Å². The van der Waals surface area contributed by atoms with Gasteiger partial charge in [0, 0.05) is 0 Å². The van der Waals surface area contributed by atoms with E-state index in [9.17, 15) is 13.4 Å². The number of alkyl halides is 2. The third kappa shape index (κ3) is 5.60. The van der Waals surface area contributed by atoms with E-state index < -0.39 is 12.3 Å². The minimum absolute atomic E-state index is 0.910. The summed E-state index contributed by atoms with van der Waals surface area (Å²) in [5.41, 5.74) is 0. The molecular formula is C4H4F2O. The fourth-order valence-corrected chi connectivity index (χ4v) is 0.106. The van der Waals surface area contributed by atoms with E-state index in [0.717, 1.165) is 6.15 Å². The molecule has 1 nitrogen and oxygen atoms in total. The van der Waals surface area contributed by atoms with Gasteiger partial charge in [-0.05, 0) is 0 Å². The van der Waals surface area contributed by atoms with Gasteiger partial charge in [-0.1, -0.05) is 0 Å². The van der Waals surface area contributed by atoms with Crippen LogP contribution < -0.4 is 0 Å². The summed E-state index contributed by atoms with van der Waals surface area (Å²) in [7, 11) is 0. The zero-order valence-corrected chi connectivity index (χ0v) is 3.58. The molecule has 7 heavy (non-hydrogen) atoms. The van der Waals surface area contributed by atoms with E-state index in [-0.39, 0.29) is 0 Å². The Balaban J connectivity index is 3.40. The van der Waals surface area contributed by atoms with Crippen molar-refractivity contribution in [3.05, 3.63) is 6.92 Å². The zero-order valence-electron chi connectivity index (χ0n) is 3.58. The molecule has 0 rings (SSSR count). The Morgan fingerprint density at radius 2 is 2.14 bits per heavy atom. The fraction of sp³-hybridized carbons (Fsp3) is 0.500. The van der Waals surface area contributed by atoms with Crippen LogP contribution in [0.15, 0.2) is 0 Å². The van der Waals surface area contributed by atoms with Crippen molar-refractivity contribution in [1.29, 1.82) is 0 Å². The van der Waals surface area contributed by atoms with Gasteiger partial charge in [-0.15, -0.1) is 0 Å². The molecule has 0 aromatic heterocycles. The molecule has 0 aliphatic rings. The Hall–Kier alpha value is -0.400. The summed E-state index contributed by atoms with van der Waals surface area (Å²) >= 11 is 0. The van der Waals surface area contributed by atoms with E-state index in [4.69, 9.17) is 0 Å². The van der Waals surface area contributed by atoms with Crippen LogP contribution >= 0.6 is 0 Å². The average Bonchev–Trinajstić information content (AvgIpc) is 1.30. The number of rotatable bonds is 1. The van der Waals surface area contributed by atoms with Crippen molar-refractivity contribution in [2.24, 2.45) is 0 Å². The summed E-state index contributed by atoms with van der Waals surface area (Å²) < 4.78 is 31.9. The van der Waals surface area contributed by atoms with Gasteiger partial charge in [0.25, 0.3) is 0 Å².